The zero-order valence-corrected chi connectivity index (χ0v) is 13.8. The van der Waals surface area contributed by atoms with E-state index in [0.717, 1.165) is 32.4 Å². The van der Waals surface area contributed by atoms with Crippen LogP contribution < -0.4 is 5.73 Å². The van der Waals surface area contributed by atoms with E-state index in [9.17, 15) is 4.79 Å². The SMILES string of the molecule is CC(C)(C)OC(=O)N1CCC2(CC1)Cc1ccccc1[C@H]2N. The number of fused-ring (bicyclic) bond motifs is 1. The molecule has 2 aliphatic rings. The van der Waals surface area contributed by atoms with E-state index in [-0.39, 0.29) is 17.6 Å². The average Bonchev–Trinajstić information content (AvgIpc) is 2.71. The van der Waals surface area contributed by atoms with Gasteiger partial charge in [0.2, 0.25) is 0 Å². The van der Waals surface area contributed by atoms with Gasteiger partial charge in [0, 0.05) is 19.1 Å². The second kappa shape index (κ2) is 5.27. The topological polar surface area (TPSA) is 55.6 Å². The fraction of sp³-hybridized carbons (Fsp3) is 0.611. The molecular weight excluding hydrogens is 276 g/mol. The van der Waals surface area contributed by atoms with E-state index in [4.69, 9.17) is 10.5 Å². The van der Waals surface area contributed by atoms with Crippen LogP contribution in [0.25, 0.3) is 0 Å². The molecule has 0 radical (unpaired) electrons. The molecule has 1 saturated heterocycles. The van der Waals surface area contributed by atoms with Crippen molar-refractivity contribution in [3.8, 4) is 0 Å². The molecule has 0 saturated carbocycles. The molecule has 1 atom stereocenters. The third-order valence-electron chi connectivity index (χ3n) is 5.00. The van der Waals surface area contributed by atoms with Gasteiger partial charge in [-0.3, -0.25) is 0 Å². The minimum atomic E-state index is -0.438. The Balaban J connectivity index is 1.67. The van der Waals surface area contributed by atoms with Crippen molar-refractivity contribution in [3.63, 3.8) is 0 Å². The van der Waals surface area contributed by atoms with E-state index in [0.29, 0.717) is 0 Å². The lowest BCUT2D eigenvalue weighted by Crippen LogP contribution is -2.47. The summed E-state index contributed by atoms with van der Waals surface area (Å²) in [6.07, 6.45) is 2.72. The van der Waals surface area contributed by atoms with Gasteiger partial charge in [0.15, 0.2) is 0 Å². The van der Waals surface area contributed by atoms with Gasteiger partial charge in [-0.05, 0) is 56.6 Å². The summed E-state index contributed by atoms with van der Waals surface area (Å²) < 4.78 is 5.47. The first kappa shape index (κ1) is 15.3. The Morgan fingerprint density at radius 2 is 1.91 bits per heavy atom. The highest BCUT2D eigenvalue weighted by molar-refractivity contribution is 5.68. The zero-order valence-electron chi connectivity index (χ0n) is 13.8. The van der Waals surface area contributed by atoms with Gasteiger partial charge in [-0.2, -0.15) is 0 Å². The number of likely N-dealkylation sites (tertiary alicyclic amines) is 1. The van der Waals surface area contributed by atoms with Crippen LogP contribution >= 0.6 is 0 Å². The van der Waals surface area contributed by atoms with Crippen molar-refractivity contribution in [2.75, 3.05) is 13.1 Å². The van der Waals surface area contributed by atoms with Crippen molar-refractivity contribution in [3.05, 3.63) is 35.4 Å². The molecule has 3 rings (SSSR count). The number of amides is 1. The number of nitrogens with zero attached hydrogens (tertiary/aromatic N) is 1. The van der Waals surface area contributed by atoms with Crippen molar-refractivity contribution < 1.29 is 9.53 Å². The van der Waals surface area contributed by atoms with Crippen LogP contribution in [0.2, 0.25) is 0 Å². The van der Waals surface area contributed by atoms with Gasteiger partial charge in [0.1, 0.15) is 5.60 Å². The Kier molecular flexibility index (Phi) is 3.68. The van der Waals surface area contributed by atoms with E-state index >= 15 is 0 Å². The largest absolute Gasteiger partial charge is 0.444 e. The lowest BCUT2D eigenvalue weighted by atomic mass is 9.73. The highest BCUT2D eigenvalue weighted by Gasteiger charge is 2.46. The van der Waals surface area contributed by atoms with Crippen molar-refractivity contribution in [1.82, 2.24) is 4.90 Å². The fourth-order valence-corrected chi connectivity index (χ4v) is 3.77. The summed E-state index contributed by atoms with van der Waals surface area (Å²) in [5.41, 5.74) is 8.88. The number of nitrogens with two attached hydrogens (primary N) is 1. The molecule has 1 aliphatic heterocycles. The standard InChI is InChI=1S/C18H26N2O2/c1-17(2,3)22-16(21)20-10-8-18(9-11-20)12-13-6-4-5-7-14(13)15(18)19/h4-7,15H,8-12,19H2,1-3H3/t15-/m1/s1. The summed E-state index contributed by atoms with van der Waals surface area (Å²) in [5.74, 6) is 0. The van der Waals surface area contributed by atoms with Crippen molar-refractivity contribution in [2.24, 2.45) is 11.1 Å². The smallest absolute Gasteiger partial charge is 0.410 e. The van der Waals surface area contributed by atoms with Crippen LogP contribution in [0.3, 0.4) is 0 Å². The monoisotopic (exact) mass is 302 g/mol. The molecule has 1 aromatic carbocycles. The van der Waals surface area contributed by atoms with Crippen LogP contribution in [0.5, 0.6) is 0 Å². The Morgan fingerprint density at radius 3 is 2.50 bits per heavy atom. The summed E-state index contributed by atoms with van der Waals surface area (Å²) >= 11 is 0. The van der Waals surface area contributed by atoms with Crippen LogP contribution in [0, 0.1) is 5.41 Å². The van der Waals surface area contributed by atoms with E-state index in [1.54, 1.807) is 0 Å². The fourth-order valence-electron chi connectivity index (χ4n) is 3.77. The number of ether oxygens (including phenoxy) is 1. The molecule has 2 N–H and O–H groups in total. The highest BCUT2D eigenvalue weighted by atomic mass is 16.6. The van der Waals surface area contributed by atoms with Crippen LogP contribution in [0.15, 0.2) is 24.3 Å². The molecule has 120 valence electrons. The molecule has 0 unspecified atom stereocenters. The predicted octanol–water partition coefficient (Wildman–Crippen LogP) is 3.26. The van der Waals surface area contributed by atoms with Gasteiger partial charge >= 0.3 is 6.09 Å². The predicted molar refractivity (Wildman–Crippen MR) is 86.5 cm³/mol. The summed E-state index contributed by atoms with van der Waals surface area (Å²) in [6, 6.07) is 8.57. The molecule has 4 heteroatoms. The first-order valence-electron chi connectivity index (χ1n) is 8.12. The van der Waals surface area contributed by atoms with Crippen LogP contribution in [0.1, 0.15) is 50.8 Å². The summed E-state index contributed by atoms with van der Waals surface area (Å²) in [5, 5.41) is 0. The van der Waals surface area contributed by atoms with Crippen molar-refractivity contribution >= 4 is 6.09 Å². The van der Waals surface area contributed by atoms with E-state index in [1.165, 1.54) is 11.1 Å². The normalized spacial score (nSPS) is 23.5. The number of hydrogen-bond acceptors (Lipinski definition) is 3. The number of piperidine rings is 1. The summed E-state index contributed by atoms with van der Waals surface area (Å²) in [6.45, 7) is 7.17. The first-order valence-corrected chi connectivity index (χ1v) is 8.12. The number of benzene rings is 1. The van der Waals surface area contributed by atoms with Gasteiger partial charge in [-0.15, -0.1) is 0 Å². The van der Waals surface area contributed by atoms with Crippen LogP contribution in [-0.2, 0) is 11.2 Å². The number of hydrogen-bond donors (Lipinski definition) is 1. The Hall–Kier alpha value is -1.55. The number of carbonyl (C=O) groups is 1. The zero-order chi connectivity index (χ0) is 16.0. The molecule has 1 amide bonds. The minimum Gasteiger partial charge on any atom is -0.444 e. The third-order valence-corrected chi connectivity index (χ3v) is 5.00. The number of carbonyl (C=O) groups excluding carboxylic acids is 1. The molecule has 1 aliphatic carbocycles. The Labute approximate surface area is 132 Å². The summed E-state index contributed by atoms with van der Waals surface area (Å²) in [7, 11) is 0. The Morgan fingerprint density at radius 1 is 1.27 bits per heavy atom. The van der Waals surface area contributed by atoms with Crippen LogP contribution in [0.4, 0.5) is 4.79 Å². The maximum Gasteiger partial charge on any atom is 0.410 e. The number of rotatable bonds is 0. The maximum absolute atomic E-state index is 12.2. The molecular formula is C18H26N2O2. The molecule has 1 spiro atoms. The molecule has 22 heavy (non-hydrogen) atoms. The lowest BCUT2D eigenvalue weighted by molar-refractivity contribution is 0.00797. The molecule has 0 aromatic heterocycles. The minimum absolute atomic E-state index is 0.0875. The molecule has 1 heterocycles. The highest BCUT2D eigenvalue weighted by Crippen LogP contribution is 2.50. The summed E-state index contributed by atoms with van der Waals surface area (Å²) in [4.78, 5) is 14.0. The van der Waals surface area contributed by atoms with E-state index in [2.05, 4.69) is 24.3 Å². The molecule has 4 nitrogen and oxygen atoms in total. The second-order valence-corrected chi connectivity index (χ2v) is 7.68. The second-order valence-electron chi connectivity index (χ2n) is 7.68. The van der Waals surface area contributed by atoms with Gasteiger partial charge in [-0.25, -0.2) is 4.79 Å². The molecule has 1 fully saturated rings. The van der Waals surface area contributed by atoms with E-state index < -0.39 is 5.60 Å². The Bertz CT molecular complexity index is 569. The maximum atomic E-state index is 12.2. The van der Waals surface area contributed by atoms with Crippen molar-refractivity contribution in [2.45, 2.75) is 51.7 Å². The van der Waals surface area contributed by atoms with Crippen molar-refractivity contribution in [1.29, 1.82) is 0 Å². The first-order chi connectivity index (χ1) is 10.3. The van der Waals surface area contributed by atoms with Gasteiger partial charge in [-0.1, -0.05) is 24.3 Å². The molecule has 0 bridgehead atoms. The quantitative estimate of drug-likeness (QED) is 0.800. The van der Waals surface area contributed by atoms with Gasteiger partial charge in [0.05, 0.1) is 0 Å². The van der Waals surface area contributed by atoms with Crippen LogP contribution in [-0.4, -0.2) is 29.7 Å². The molecule has 1 aromatic rings. The van der Waals surface area contributed by atoms with E-state index in [1.807, 2.05) is 25.7 Å². The average molecular weight is 302 g/mol. The third kappa shape index (κ3) is 2.72. The van der Waals surface area contributed by atoms with Gasteiger partial charge < -0.3 is 15.4 Å². The van der Waals surface area contributed by atoms with Gasteiger partial charge in [0.25, 0.3) is 0 Å². The lowest BCUT2D eigenvalue weighted by Gasteiger charge is -2.42.